The van der Waals surface area contributed by atoms with Crippen molar-refractivity contribution in [1.29, 1.82) is 0 Å². The van der Waals surface area contributed by atoms with Crippen molar-refractivity contribution in [3.8, 4) is 0 Å². The summed E-state index contributed by atoms with van der Waals surface area (Å²) in [6, 6.07) is 1.64. The third-order valence-corrected chi connectivity index (χ3v) is 5.27. The first-order chi connectivity index (χ1) is 11.9. The fourth-order valence-corrected chi connectivity index (χ4v) is 4.09. The molecule has 2 heterocycles. The molecule has 1 N–H and O–H groups in total. The number of likely N-dealkylation sites (tertiary alicyclic amines) is 1. The molecule has 138 valence electrons. The zero-order valence-corrected chi connectivity index (χ0v) is 14.4. The summed E-state index contributed by atoms with van der Waals surface area (Å²) in [6.45, 7) is 2.06. The van der Waals surface area contributed by atoms with Crippen molar-refractivity contribution in [1.82, 2.24) is 15.2 Å². The zero-order chi connectivity index (χ0) is 18.0. The van der Waals surface area contributed by atoms with E-state index in [2.05, 4.69) is 15.2 Å². The van der Waals surface area contributed by atoms with E-state index in [4.69, 9.17) is 0 Å². The summed E-state index contributed by atoms with van der Waals surface area (Å²) in [6.07, 6.45) is 3.33. The van der Waals surface area contributed by atoms with Crippen LogP contribution >= 0.6 is 0 Å². The Bertz CT molecular complexity index is 626. The molecule has 1 saturated carbocycles. The Morgan fingerprint density at radius 3 is 2.64 bits per heavy atom. The standard InChI is InChI=1S/C18H24F3N3O/c1-12(25)22-10-13-11-23-16(9-15(13)18(19,20)21)17-7-4-8-24(17)14-5-2-3-6-14/h9,11,14,17H,2-8,10H2,1H3,(H,22,25)/t17-/m1/s1. The van der Waals surface area contributed by atoms with Crippen LogP contribution in [0.1, 0.15) is 68.3 Å². The third-order valence-electron chi connectivity index (χ3n) is 5.27. The number of pyridine rings is 1. The van der Waals surface area contributed by atoms with Gasteiger partial charge >= 0.3 is 6.18 Å². The average Bonchev–Trinajstić information content (AvgIpc) is 3.22. The molecule has 1 aromatic rings. The van der Waals surface area contributed by atoms with Gasteiger partial charge in [0.15, 0.2) is 0 Å². The first-order valence-corrected chi connectivity index (χ1v) is 8.92. The number of carbonyl (C=O) groups excluding carboxylic acids is 1. The van der Waals surface area contributed by atoms with Gasteiger partial charge in [-0.1, -0.05) is 12.8 Å². The highest BCUT2D eigenvalue weighted by atomic mass is 19.4. The largest absolute Gasteiger partial charge is 0.416 e. The van der Waals surface area contributed by atoms with Crippen LogP contribution in [0.2, 0.25) is 0 Å². The lowest BCUT2D eigenvalue weighted by atomic mass is 10.0. The molecule has 1 atom stereocenters. The number of nitrogens with one attached hydrogen (secondary N) is 1. The van der Waals surface area contributed by atoms with Gasteiger partial charge in [-0.05, 0) is 38.3 Å². The molecule has 4 nitrogen and oxygen atoms in total. The molecule has 1 aliphatic heterocycles. The van der Waals surface area contributed by atoms with Crippen LogP contribution in [-0.2, 0) is 17.5 Å². The Labute approximate surface area is 145 Å². The van der Waals surface area contributed by atoms with Crippen LogP contribution in [0.4, 0.5) is 13.2 Å². The Balaban J connectivity index is 1.87. The van der Waals surface area contributed by atoms with Gasteiger partial charge in [0.25, 0.3) is 0 Å². The van der Waals surface area contributed by atoms with Crippen molar-refractivity contribution in [3.05, 3.63) is 29.1 Å². The van der Waals surface area contributed by atoms with E-state index in [-0.39, 0.29) is 24.1 Å². The molecule has 7 heteroatoms. The third kappa shape index (κ3) is 4.14. The molecule has 2 aliphatic rings. The summed E-state index contributed by atoms with van der Waals surface area (Å²) in [7, 11) is 0. The molecule has 1 aromatic heterocycles. The first kappa shape index (κ1) is 18.2. The summed E-state index contributed by atoms with van der Waals surface area (Å²) in [5.41, 5.74) is -0.176. The van der Waals surface area contributed by atoms with E-state index in [0.717, 1.165) is 32.2 Å². The Morgan fingerprint density at radius 1 is 1.28 bits per heavy atom. The molecule has 0 bridgehead atoms. The molecule has 1 aliphatic carbocycles. The van der Waals surface area contributed by atoms with Crippen molar-refractivity contribution in [3.63, 3.8) is 0 Å². The minimum Gasteiger partial charge on any atom is -0.352 e. The molecule has 1 saturated heterocycles. The maximum Gasteiger partial charge on any atom is 0.416 e. The van der Waals surface area contributed by atoms with E-state index in [1.165, 1.54) is 32.0 Å². The van der Waals surface area contributed by atoms with Crippen molar-refractivity contribution < 1.29 is 18.0 Å². The van der Waals surface area contributed by atoms with Crippen LogP contribution < -0.4 is 5.32 Å². The molecular weight excluding hydrogens is 331 g/mol. The number of rotatable bonds is 4. The van der Waals surface area contributed by atoms with Gasteiger partial charge in [0.2, 0.25) is 5.91 Å². The van der Waals surface area contributed by atoms with E-state index in [0.29, 0.717) is 11.7 Å². The van der Waals surface area contributed by atoms with Crippen molar-refractivity contribution in [2.75, 3.05) is 6.54 Å². The number of halogens is 3. The minimum absolute atomic E-state index is 0.0110. The second kappa shape index (κ2) is 7.32. The number of aromatic nitrogens is 1. The van der Waals surface area contributed by atoms with Crippen molar-refractivity contribution in [2.45, 2.75) is 70.3 Å². The second-order valence-corrected chi connectivity index (χ2v) is 7.01. The summed E-state index contributed by atoms with van der Waals surface area (Å²) in [4.78, 5) is 17.7. The average molecular weight is 355 g/mol. The van der Waals surface area contributed by atoms with E-state index >= 15 is 0 Å². The number of nitrogens with zero attached hydrogens (tertiary/aromatic N) is 2. The highest BCUT2D eigenvalue weighted by Gasteiger charge is 2.37. The van der Waals surface area contributed by atoms with Gasteiger partial charge in [-0.25, -0.2) is 0 Å². The predicted octanol–water partition coefficient (Wildman–Crippen LogP) is 3.82. The maximum absolute atomic E-state index is 13.5. The number of hydrogen-bond donors (Lipinski definition) is 1. The molecule has 0 radical (unpaired) electrons. The van der Waals surface area contributed by atoms with Gasteiger partial charge in [-0.3, -0.25) is 14.7 Å². The second-order valence-electron chi connectivity index (χ2n) is 7.01. The molecule has 25 heavy (non-hydrogen) atoms. The molecule has 0 aromatic carbocycles. The van der Waals surface area contributed by atoms with Gasteiger partial charge in [0, 0.05) is 31.3 Å². The summed E-state index contributed by atoms with van der Waals surface area (Å²) >= 11 is 0. The molecule has 1 amide bonds. The van der Waals surface area contributed by atoms with Gasteiger partial charge in [0.1, 0.15) is 0 Å². The minimum atomic E-state index is -4.46. The molecule has 3 rings (SSSR count). The fraction of sp³-hybridized carbons (Fsp3) is 0.667. The number of amides is 1. The normalized spacial score (nSPS) is 22.5. The lowest BCUT2D eigenvalue weighted by molar-refractivity contribution is -0.138. The highest BCUT2D eigenvalue weighted by molar-refractivity contribution is 5.72. The van der Waals surface area contributed by atoms with Crippen LogP contribution in [0.5, 0.6) is 0 Å². The van der Waals surface area contributed by atoms with Crippen LogP contribution in [0.3, 0.4) is 0 Å². The lowest BCUT2D eigenvalue weighted by Crippen LogP contribution is -2.33. The lowest BCUT2D eigenvalue weighted by Gasteiger charge is -2.30. The van der Waals surface area contributed by atoms with E-state index in [9.17, 15) is 18.0 Å². The van der Waals surface area contributed by atoms with Gasteiger partial charge in [-0.15, -0.1) is 0 Å². The van der Waals surface area contributed by atoms with Crippen molar-refractivity contribution >= 4 is 5.91 Å². The summed E-state index contributed by atoms with van der Waals surface area (Å²) in [5, 5.41) is 2.43. The van der Waals surface area contributed by atoms with Crippen molar-refractivity contribution in [2.24, 2.45) is 0 Å². The fourth-order valence-electron chi connectivity index (χ4n) is 4.09. The number of hydrogen-bond acceptors (Lipinski definition) is 3. The SMILES string of the molecule is CC(=O)NCc1cnc([C@H]2CCCN2C2CCCC2)cc1C(F)(F)F. The molecule has 0 spiro atoms. The van der Waals surface area contributed by atoms with E-state index in [1.807, 2.05) is 0 Å². The predicted molar refractivity (Wildman–Crippen MR) is 87.7 cm³/mol. The van der Waals surface area contributed by atoms with Crippen LogP contribution in [0.25, 0.3) is 0 Å². The van der Waals surface area contributed by atoms with Crippen LogP contribution in [0.15, 0.2) is 12.3 Å². The first-order valence-electron chi connectivity index (χ1n) is 8.92. The number of alkyl halides is 3. The summed E-state index contributed by atoms with van der Waals surface area (Å²) in [5.74, 6) is -0.361. The molecule has 0 unspecified atom stereocenters. The van der Waals surface area contributed by atoms with Gasteiger partial charge < -0.3 is 5.32 Å². The molecular formula is C18H24F3N3O. The highest BCUT2D eigenvalue weighted by Crippen LogP contribution is 2.40. The zero-order valence-electron chi connectivity index (χ0n) is 14.4. The van der Waals surface area contributed by atoms with Gasteiger partial charge in [0.05, 0.1) is 17.3 Å². The smallest absolute Gasteiger partial charge is 0.352 e. The quantitative estimate of drug-likeness (QED) is 0.893. The molecule has 2 fully saturated rings. The maximum atomic E-state index is 13.5. The van der Waals surface area contributed by atoms with Gasteiger partial charge in [-0.2, -0.15) is 13.2 Å². The number of carbonyl (C=O) groups is 1. The van der Waals surface area contributed by atoms with E-state index < -0.39 is 11.7 Å². The monoisotopic (exact) mass is 355 g/mol. The Hall–Kier alpha value is -1.63. The van der Waals surface area contributed by atoms with Crippen LogP contribution in [0, 0.1) is 0 Å². The summed E-state index contributed by atoms with van der Waals surface area (Å²) < 4.78 is 40.5. The Kier molecular flexibility index (Phi) is 5.32. The van der Waals surface area contributed by atoms with E-state index in [1.54, 1.807) is 0 Å². The topological polar surface area (TPSA) is 45.2 Å². The Morgan fingerprint density at radius 2 is 2.00 bits per heavy atom. The van der Waals surface area contributed by atoms with Crippen LogP contribution in [-0.4, -0.2) is 28.4 Å².